The predicted octanol–water partition coefficient (Wildman–Crippen LogP) is 4.93. The molecule has 0 spiro atoms. The quantitative estimate of drug-likeness (QED) is 0.410. The number of nitrogens with zero attached hydrogens (tertiary/aromatic N) is 1. The lowest BCUT2D eigenvalue weighted by molar-refractivity contribution is -0.121. The summed E-state index contributed by atoms with van der Waals surface area (Å²) >= 11 is 5.23. The highest BCUT2D eigenvalue weighted by Crippen LogP contribution is 2.19. The average Bonchev–Trinajstić information content (AvgIpc) is 3.18. The van der Waals surface area contributed by atoms with Gasteiger partial charge in [0.25, 0.3) is 5.91 Å². The van der Waals surface area contributed by atoms with Gasteiger partial charge in [0.2, 0.25) is 0 Å². The first kappa shape index (κ1) is 21.5. The summed E-state index contributed by atoms with van der Waals surface area (Å²) in [5.41, 5.74) is 5.74. The zero-order valence-electron chi connectivity index (χ0n) is 17.8. The monoisotopic (exact) mass is 445 g/mol. The topological polar surface area (TPSA) is 76.4 Å². The van der Waals surface area contributed by atoms with Crippen LogP contribution >= 0.6 is 12.2 Å². The molecule has 0 unspecified atom stereocenters. The van der Waals surface area contributed by atoms with Crippen molar-refractivity contribution in [1.29, 1.82) is 0 Å². The zero-order valence-corrected chi connectivity index (χ0v) is 18.7. The summed E-state index contributed by atoms with van der Waals surface area (Å²) in [4.78, 5) is 16.6. The molecule has 32 heavy (non-hydrogen) atoms. The molecule has 2 N–H and O–H groups in total. The lowest BCUT2D eigenvalue weighted by Crippen LogP contribution is -2.37. The molecule has 4 rings (SSSR count). The third kappa shape index (κ3) is 5.50. The molecule has 0 saturated heterocycles. The van der Waals surface area contributed by atoms with Crippen molar-refractivity contribution < 1.29 is 13.9 Å². The largest absolute Gasteiger partial charge is 0.484 e. The number of aryl methyl sites for hydroxylation is 2. The Morgan fingerprint density at radius 3 is 2.56 bits per heavy atom. The van der Waals surface area contributed by atoms with Gasteiger partial charge in [-0.15, -0.1) is 0 Å². The molecule has 4 aromatic rings. The van der Waals surface area contributed by atoms with Crippen molar-refractivity contribution >= 4 is 40.0 Å². The van der Waals surface area contributed by atoms with Crippen LogP contribution in [0.25, 0.3) is 11.1 Å². The van der Waals surface area contributed by atoms with Crippen LogP contribution in [0.5, 0.6) is 5.75 Å². The van der Waals surface area contributed by atoms with Crippen molar-refractivity contribution in [3.05, 3.63) is 89.3 Å². The molecule has 1 amide bonds. The second kappa shape index (κ2) is 9.62. The van der Waals surface area contributed by atoms with E-state index in [0.29, 0.717) is 18.1 Å². The van der Waals surface area contributed by atoms with Crippen molar-refractivity contribution in [2.75, 3.05) is 11.9 Å². The highest BCUT2D eigenvalue weighted by molar-refractivity contribution is 7.80. The number of benzene rings is 3. The summed E-state index contributed by atoms with van der Waals surface area (Å²) in [5, 5.41) is 5.84. The molecule has 1 heterocycles. The molecule has 162 valence electrons. The van der Waals surface area contributed by atoms with Crippen LogP contribution in [0.2, 0.25) is 0 Å². The minimum absolute atomic E-state index is 0.117. The lowest BCUT2D eigenvalue weighted by Gasteiger charge is -2.11. The molecule has 0 fully saturated rings. The van der Waals surface area contributed by atoms with Crippen LogP contribution < -0.4 is 15.4 Å². The number of hydrogen-bond donors (Lipinski definition) is 2. The Labute approximate surface area is 191 Å². The Balaban J connectivity index is 1.26. The van der Waals surface area contributed by atoms with Gasteiger partial charge in [-0.2, -0.15) is 0 Å². The summed E-state index contributed by atoms with van der Waals surface area (Å²) in [6.07, 6.45) is 0.589. The van der Waals surface area contributed by atoms with Gasteiger partial charge in [-0.1, -0.05) is 30.3 Å². The van der Waals surface area contributed by atoms with E-state index < -0.39 is 0 Å². The Morgan fingerprint density at radius 1 is 1.03 bits per heavy atom. The van der Waals surface area contributed by atoms with Gasteiger partial charge in [0.1, 0.15) is 11.3 Å². The van der Waals surface area contributed by atoms with Crippen LogP contribution in [0.3, 0.4) is 0 Å². The minimum atomic E-state index is -0.326. The van der Waals surface area contributed by atoms with Gasteiger partial charge in [0, 0.05) is 12.1 Å². The van der Waals surface area contributed by atoms with E-state index in [9.17, 15) is 4.79 Å². The summed E-state index contributed by atoms with van der Waals surface area (Å²) in [6, 6.07) is 21.1. The van der Waals surface area contributed by atoms with Crippen molar-refractivity contribution in [3.63, 3.8) is 0 Å². The smallest absolute Gasteiger partial charge is 0.264 e. The molecule has 7 heteroatoms. The number of ether oxygens (including phenoxy) is 1. The summed E-state index contributed by atoms with van der Waals surface area (Å²) in [5.74, 6) is 0.989. The molecule has 0 bridgehead atoms. The van der Waals surface area contributed by atoms with Crippen molar-refractivity contribution in [2.24, 2.45) is 0 Å². The van der Waals surface area contributed by atoms with Crippen LogP contribution in [0, 0.1) is 13.8 Å². The Bertz CT molecular complexity index is 1230. The van der Waals surface area contributed by atoms with Crippen LogP contribution in [0.1, 0.15) is 22.6 Å². The molecule has 0 aliphatic carbocycles. The first-order valence-corrected chi connectivity index (χ1v) is 10.6. The van der Waals surface area contributed by atoms with E-state index in [1.807, 2.05) is 80.6 Å². The first-order chi connectivity index (χ1) is 15.5. The molecule has 6 nitrogen and oxygen atoms in total. The zero-order chi connectivity index (χ0) is 22.5. The predicted molar refractivity (Wildman–Crippen MR) is 129 cm³/mol. The number of thiocarbonyl (C=S) groups is 1. The second-order valence-electron chi connectivity index (χ2n) is 7.49. The maximum Gasteiger partial charge on any atom is 0.264 e. The maximum atomic E-state index is 12.1. The molecular formula is C25H23N3O3S. The highest BCUT2D eigenvalue weighted by Gasteiger charge is 2.08. The van der Waals surface area contributed by atoms with E-state index in [1.54, 1.807) is 0 Å². The first-order valence-electron chi connectivity index (χ1n) is 10.2. The van der Waals surface area contributed by atoms with Crippen LogP contribution in [-0.4, -0.2) is 22.6 Å². The van der Waals surface area contributed by atoms with Gasteiger partial charge in [-0.3, -0.25) is 10.1 Å². The molecule has 0 atom stereocenters. The second-order valence-corrected chi connectivity index (χ2v) is 7.89. The fraction of sp³-hybridized carbons (Fsp3) is 0.160. The molecule has 0 aliphatic heterocycles. The van der Waals surface area contributed by atoms with Gasteiger partial charge in [0.05, 0.1) is 0 Å². The van der Waals surface area contributed by atoms with E-state index in [-0.39, 0.29) is 17.6 Å². The normalized spacial score (nSPS) is 10.7. The molecule has 3 aromatic carbocycles. The number of carbonyl (C=O) groups excluding carboxylic acids is 1. The summed E-state index contributed by atoms with van der Waals surface area (Å²) < 4.78 is 11.3. The summed E-state index contributed by atoms with van der Waals surface area (Å²) in [7, 11) is 0. The van der Waals surface area contributed by atoms with Crippen LogP contribution in [0.15, 0.2) is 71.1 Å². The van der Waals surface area contributed by atoms with Gasteiger partial charge >= 0.3 is 0 Å². The van der Waals surface area contributed by atoms with E-state index in [0.717, 1.165) is 27.9 Å². The Hall–Kier alpha value is -3.71. The molecule has 1 aromatic heterocycles. The van der Waals surface area contributed by atoms with Crippen molar-refractivity contribution in [3.8, 4) is 5.75 Å². The standard InChI is InChI=1S/C25H23N3O3S/c1-16-7-12-20(13-17(16)2)30-15-23(29)28-25(32)26-19-10-8-18(9-11-19)14-24-27-21-5-3-4-6-22(21)31-24/h3-13H,14-15H2,1-2H3,(H2,26,28,29,32). The van der Waals surface area contributed by atoms with Gasteiger partial charge in [-0.25, -0.2) is 4.98 Å². The number of rotatable bonds is 6. The highest BCUT2D eigenvalue weighted by atomic mass is 32.1. The van der Waals surface area contributed by atoms with Crippen LogP contribution in [-0.2, 0) is 11.2 Å². The van der Waals surface area contributed by atoms with Gasteiger partial charge in [0.15, 0.2) is 23.2 Å². The van der Waals surface area contributed by atoms with Gasteiger partial charge < -0.3 is 14.5 Å². The molecular weight excluding hydrogens is 422 g/mol. The Morgan fingerprint density at radius 2 is 1.81 bits per heavy atom. The number of anilines is 1. The maximum absolute atomic E-state index is 12.1. The number of oxazole rings is 1. The Kier molecular flexibility index (Phi) is 6.47. The summed E-state index contributed by atoms with van der Waals surface area (Å²) in [6.45, 7) is 3.91. The van der Waals surface area contributed by atoms with Crippen LogP contribution in [0.4, 0.5) is 5.69 Å². The number of hydrogen-bond acceptors (Lipinski definition) is 5. The fourth-order valence-electron chi connectivity index (χ4n) is 3.15. The van der Waals surface area contributed by atoms with Crippen molar-refractivity contribution in [2.45, 2.75) is 20.3 Å². The van der Waals surface area contributed by atoms with E-state index >= 15 is 0 Å². The number of amides is 1. The number of nitrogens with one attached hydrogen (secondary N) is 2. The number of aromatic nitrogens is 1. The number of carbonyl (C=O) groups is 1. The van der Waals surface area contributed by atoms with E-state index in [2.05, 4.69) is 15.6 Å². The molecule has 0 aliphatic rings. The fourth-order valence-corrected chi connectivity index (χ4v) is 3.39. The number of para-hydroxylation sites is 2. The van der Waals surface area contributed by atoms with Crippen molar-refractivity contribution in [1.82, 2.24) is 10.3 Å². The minimum Gasteiger partial charge on any atom is -0.484 e. The SMILES string of the molecule is Cc1ccc(OCC(=O)NC(=S)Nc2ccc(Cc3nc4ccccc4o3)cc2)cc1C. The van der Waals surface area contributed by atoms with Gasteiger partial charge in [-0.05, 0) is 79.2 Å². The molecule has 0 saturated carbocycles. The third-order valence-electron chi connectivity index (χ3n) is 5.01. The lowest BCUT2D eigenvalue weighted by atomic mass is 10.1. The van der Waals surface area contributed by atoms with E-state index in [1.165, 1.54) is 5.56 Å². The average molecular weight is 446 g/mol. The van der Waals surface area contributed by atoms with E-state index in [4.69, 9.17) is 21.4 Å². The molecule has 0 radical (unpaired) electrons. The third-order valence-corrected chi connectivity index (χ3v) is 5.21. The number of fused-ring (bicyclic) bond motifs is 1.